The van der Waals surface area contributed by atoms with Crippen LogP contribution in [0, 0.1) is 0 Å². The molecule has 0 radical (unpaired) electrons. The highest BCUT2D eigenvalue weighted by Crippen LogP contribution is 2.25. The molecule has 1 amide bonds. The van der Waals surface area contributed by atoms with Crippen molar-refractivity contribution in [2.45, 2.75) is 146 Å². The average molecular weight is 552 g/mol. The minimum absolute atomic E-state index is 0.375. The molecule has 7 N–H and O–H groups in total. The second-order valence-corrected chi connectivity index (χ2v) is 10.6. The average Bonchev–Trinajstić information content (AvgIpc) is 2.91. The standard InChI is InChI=1S/C27H53NO10/c1-4-5-6-7-8-9-10-11-12-13-14-15-16-28(3)26(36)23(34)22(33)25(19(30)17-29)38-27-24(35)21(32)20(31)18(2)37-27/h18-25,27,29-35H,4-17H2,1-3H3/t18-,19-,20+,21+,22-,23-,24-,25-,27+/m1/s1. The summed E-state index contributed by atoms with van der Waals surface area (Å²) in [4.78, 5) is 14.0. The molecule has 1 aliphatic heterocycles. The fraction of sp³-hybridized carbons (Fsp3) is 0.963. The zero-order valence-corrected chi connectivity index (χ0v) is 23.4. The summed E-state index contributed by atoms with van der Waals surface area (Å²) in [5.41, 5.74) is 0. The Morgan fingerprint density at radius 2 is 1.34 bits per heavy atom. The van der Waals surface area contributed by atoms with Crippen molar-refractivity contribution in [2.24, 2.45) is 0 Å². The minimum Gasteiger partial charge on any atom is -0.394 e. The Morgan fingerprint density at radius 1 is 0.842 bits per heavy atom. The predicted molar refractivity (Wildman–Crippen MR) is 141 cm³/mol. The van der Waals surface area contributed by atoms with Crippen molar-refractivity contribution in [1.82, 2.24) is 4.90 Å². The van der Waals surface area contributed by atoms with Crippen LogP contribution in [-0.2, 0) is 14.3 Å². The quantitative estimate of drug-likeness (QED) is 0.105. The summed E-state index contributed by atoms with van der Waals surface area (Å²) in [6, 6.07) is 0. The molecule has 1 fully saturated rings. The van der Waals surface area contributed by atoms with E-state index < -0.39 is 67.6 Å². The predicted octanol–water partition coefficient (Wildman–Crippen LogP) is 0.434. The Bertz CT molecular complexity index is 627. The van der Waals surface area contributed by atoms with Gasteiger partial charge in [-0.2, -0.15) is 0 Å². The van der Waals surface area contributed by atoms with Gasteiger partial charge in [0.25, 0.3) is 5.91 Å². The van der Waals surface area contributed by atoms with Crippen LogP contribution in [0.1, 0.15) is 90.9 Å². The zero-order valence-electron chi connectivity index (χ0n) is 23.4. The molecule has 0 aromatic carbocycles. The van der Waals surface area contributed by atoms with Gasteiger partial charge in [-0.1, -0.05) is 77.6 Å². The summed E-state index contributed by atoms with van der Waals surface area (Å²) >= 11 is 0. The molecule has 1 aliphatic rings. The Balaban J connectivity index is 2.44. The Hall–Kier alpha value is -0.890. The van der Waals surface area contributed by atoms with E-state index in [-0.39, 0.29) is 0 Å². The van der Waals surface area contributed by atoms with Crippen LogP contribution in [0.2, 0.25) is 0 Å². The Labute approximate surface area is 227 Å². The summed E-state index contributed by atoms with van der Waals surface area (Å²) in [6.07, 6.45) is -0.536. The van der Waals surface area contributed by atoms with Crippen molar-refractivity contribution >= 4 is 5.91 Å². The third kappa shape index (κ3) is 11.7. The molecule has 0 spiro atoms. The van der Waals surface area contributed by atoms with Crippen molar-refractivity contribution in [3.8, 4) is 0 Å². The van der Waals surface area contributed by atoms with E-state index in [9.17, 15) is 40.5 Å². The van der Waals surface area contributed by atoms with Crippen LogP contribution in [0.25, 0.3) is 0 Å². The van der Waals surface area contributed by atoms with Crippen molar-refractivity contribution in [1.29, 1.82) is 0 Å². The molecule has 1 saturated heterocycles. The summed E-state index contributed by atoms with van der Waals surface area (Å²) in [7, 11) is 1.50. The largest absolute Gasteiger partial charge is 0.394 e. The van der Waals surface area contributed by atoms with E-state index in [1.54, 1.807) is 0 Å². The summed E-state index contributed by atoms with van der Waals surface area (Å²) in [5, 5.41) is 70.6. The van der Waals surface area contributed by atoms with Crippen LogP contribution in [0.15, 0.2) is 0 Å². The van der Waals surface area contributed by atoms with Gasteiger partial charge in [-0.3, -0.25) is 4.79 Å². The highest BCUT2D eigenvalue weighted by atomic mass is 16.7. The molecule has 11 nitrogen and oxygen atoms in total. The van der Waals surface area contributed by atoms with Gasteiger partial charge in [0.05, 0.1) is 12.7 Å². The first-order valence-electron chi connectivity index (χ1n) is 14.3. The van der Waals surface area contributed by atoms with E-state index in [1.807, 2.05) is 0 Å². The first kappa shape index (κ1) is 35.1. The van der Waals surface area contributed by atoms with Gasteiger partial charge in [0.1, 0.15) is 36.6 Å². The minimum atomic E-state index is -1.97. The molecule has 1 heterocycles. The smallest absolute Gasteiger partial charge is 0.253 e. The molecular weight excluding hydrogens is 498 g/mol. The van der Waals surface area contributed by atoms with Gasteiger partial charge < -0.3 is 50.1 Å². The maximum atomic E-state index is 12.7. The van der Waals surface area contributed by atoms with E-state index in [0.29, 0.717) is 6.54 Å². The van der Waals surface area contributed by atoms with Gasteiger partial charge in [-0.05, 0) is 13.3 Å². The molecule has 1 rings (SSSR count). The van der Waals surface area contributed by atoms with Crippen molar-refractivity contribution in [3.05, 3.63) is 0 Å². The van der Waals surface area contributed by atoms with Gasteiger partial charge in [0.15, 0.2) is 12.4 Å². The van der Waals surface area contributed by atoms with Gasteiger partial charge in [0.2, 0.25) is 0 Å². The van der Waals surface area contributed by atoms with E-state index in [0.717, 1.165) is 25.7 Å². The van der Waals surface area contributed by atoms with Crippen LogP contribution in [0.5, 0.6) is 0 Å². The molecular formula is C27H53NO10. The number of unbranched alkanes of at least 4 members (excludes halogenated alkanes) is 11. The highest BCUT2D eigenvalue weighted by molar-refractivity contribution is 5.81. The first-order valence-corrected chi connectivity index (χ1v) is 14.3. The Kier molecular flexibility index (Phi) is 17.8. The van der Waals surface area contributed by atoms with Crippen molar-refractivity contribution in [2.75, 3.05) is 20.2 Å². The molecule has 9 atom stereocenters. The monoisotopic (exact) mass is 551 g/mol. The lowest BCUT2D eigenvalue weighted by Crippen LogP contribution is -2.61. The molecule has 0 aromatic rings. The molecule has 226 valence electrons. The number of likely N-dealkylation sites (N-methyl/N-ethyl adjacent to an activating group) is 1. The number of aliphatic hydroxyl groups is 7. The topological polar surface area (TPSA) is 180 Å². The van der Waals surface area contributed by atoms with Crippen molar-refractivity contribution in [3.63, 3.8) is 0 Å². The summed E-state index contributed by atoms with van der Waals surface area (Å²) in [5.74, 6) is -0.784. The van der Waals surface area contributed by atoms with E-state index >= 15 is 0 Å². The number of hydrogen-bond donors (Lipinski definition) is 7. The Morgan fingerprint density at radius 3 is 1.84 bits per heavy atom. The lowest BCUT2D eigenvalue weighted by molar-refractivity contribution is -0.320. The van der Waals surface area contributed by atoms with Crippen LogP contribution >= 0.6 is 0 Å². The van der Waals surface area contributed by atoms with E-state index in [2.05, 4.69) is 6.92 Å². The SMILES string of the molecule is CCCCCCCCCCCCCCN(C)C(=O)[C@H](O)[C@@H](O)[C@H](O[C@@H]1O[C@H](C)[C@H](O)[C@H](O)[C@H]1O)[C@H](O)CO. The zero-order chi connectivity index (χ0) is 28.7. The fourth-order valence-electron chi connectivity index (χ4n) is 4.64. The normalized spacial score (nSPS) is 27.1. The molecule has 38 heavy (non-hydrogen) atoms. The van der Waals surface area contributed by atoms with Gasteiger partial charge in [-0.15, -0.1) is 0 Å². The number of rotatable bonds is 20. The number of aliphatic hydroxyl groups excluding tert-OH is 7. The van der Waals surface area contributed by atoms with Crippen LogP contribution in [-0.4, -0.2) is 122 Å². The van der Waals surface area contributed by atoms with Crippen LogP contribution < -0.4 is 0 Å². The van der Waals surface area contributed by atoms with E-state index in [4.69, 9.17) is 9.47 Å². The number of hydrogen-bond acceptors (Lipinski definition) is 10. The number of nitrogens with zero attached hydrogens (tertiary/aromatic N) is 1. The number of amides is 1. The molecule has 11 heteroatoms. The van der Waals surface area contributed by atoms with Gasteiger partial charge in [0, 0.05) is 13.6 Å². The lowest BCUT2D eigenvalue weighted by atomic mass is 9.98. The summed E-state index contributed by atoms with van der Waals surface area (Å²) < 4.78 is 10.7. The molecule has 0 bridgehead atoms. The third-order valence-corrected chi connectivity index (χ3v) is 7.30. The van der Waals surface area contributed by atoms with Crippen LogP contribution in [0.3, 0.4) is 0 Å². The molecule has 0 unspecified atom stereocenters. The molecule has 0 aliphatic carbocycles. The van der Waals surface area contributed by atoms with Crippen molar-refractivity contribution < 1.29 is 50.0 Å². The van der Waals surface area contributed by atoms with Crippen LogP contribution in [0.4, 0.5) is 0 Å². The maximum Gasteiger partial charge on any atom is 0.253 e. The number of carbonyl (C=O) groups excluding carboxylic acids is 1. The molecule has 0 aromatic heterocycles. The lowest BCUT2D eigenvalue weighted by Gasteiger charge is -2.41. The fourth-order valence-corrected chi connectivity index (χ4v) is 4.64. The van der Waals surface area contributed by atoms with E-state index in [1.165, 1.54) is 70.2 Å². The maximum absolute atomic E-state index is 12.7. The number of carbonyl (C=O) groups is 1. The highest BCUT2D eigenvalue weighted by Gasteiger charge is 2.46. The third-order valence-electron chi connectivity index (χ3n) is 7.30. The second-order valence-electron chi connectivity index (χ2n) is 10.6. The first-order chi connectivity index (χ1) is 18.1. The number of ether oxygens (including phenoxy) is 2. The summed E-state index contributed by atoms with van der Waals surface area (Å²) in [6.45, 7) is 3.14. The second kappa shape index (κ2) is 19.2. The molecule has 0 saturated carbocycles. The van der Waals surface area contributed by atoms with Gasteiger partial charge >= 0.3 is 0 Å². The van der Waals surface area contributed by atoms with Gasteiger partial charge in [-0.25, -0.2) is 0 Å².